The molecule has 0 aliphatic rings. The fourth-order valence-electron chi connectivity index (χ4n) is 0. The normalized spacial score (nSPS) is 0. The SMILES string of the molecule is O.O.O.[K].[K].[Zr]. The summed E-state index contributed by atoms with van der Waals surface area (Å²) in [6.45, 7) is 0. The van der Waals surface area contributed by atoms with Crippen molar-refractivity contribution >= 4 is 103 Å². The van der Waals surface area contributed by atoms with Crippen LogP contribution in [0, 0.1) is 0 Å². The monoisotopic (exact) mass is 222 g/mol. The first kappa shape index (κ1) is 50.3. The molecule has 2 radical (unpaired) electrons. The van der Waals surface area contributed by atoms with Crippen LogP contribution in [-0.4, -0.2) is 119 Å². The summed E-state index contributed by atoms with van der Waals surface area (Å²) in [4.78, 5) is 0. The van der Waals surface area contributed by atoms with E-state index >= 15 is 0 Å². The zero-order valence-corrected chi connectivity index (χ0v) is 12.7. The maximum atomic E-state index is 0. The summed E-state index contributed by atoms with van der Waals surface area (Å²) in [5.74, 6) is 0. The second kappa shape index (κ2) is 35.8. The van der Waals surface area contributed by atoms with Gasteiger partial charge in [-0.05, 0) is 0 Å². The van der Waals surface area contributed by atoms with Crippen molar-refractivity contribution in [2.45, 2.75) is 0 Å². The second-order valence-electron chi connectivity index (χ2n) is 0. The quantitative estimate of drug-likeness (QED) is 0.386. The van der Waals surface area contributed by atoms with Crippen molar-refractivity contribution in [2.24, 2.45) is 0 Å². The predicted molar refractivity (Wildman–Crippen MR) is 22.3 cm³/mol. The molecule has 0 bridgehead atoms. The summed E-state index contributed by atoms with van der Waals surface area (Å²) in [6, 6.07) is 0. The van der Waals surface area contributed by atoms with E-state index < -0.39 is 0 Å². The summed E-state index contributed by atoms with van der Waals surface area (Å²) in [6.07, 6.45) is 0. The minimum absolute atomic E-state index is 0. The van der Waals surface area contributed by atoms with E-state index in [0.29, 0.717) is 0 Å². The zero-order chi connectivity index (χ0) is 0. The molecule has 6 N–H and O–H groups in total. The van der Waals surface area contributed by atoms with Gasteiger partial charge in [0.1, 0.15) is 0 Å². The molecule has 0 heterocycles. The molecule has 30 valence electrons. The van der Waals surface area contributed by atoms with E-state index in [9.17, 15) is 0 Å². The third-order valence-electron chi connectivity index (χ3n) is 0. The van der Waals surface area contributed by atoms with Gasteiger partial charge >= 0.3 is 0 Å². The van der Waals surface area contributed by atoms with E-state index in [4.69, 9.17) is 0 Å². The number of hydrogen-bond acceptors (Lipinski definition) is 0. The van der Waals surface area contributed by atoms with Gasteiger partial charge in [-0.25, -0.2) is 0 Å². The molecule has 0 spiro atoms. The molecule has 0 saturated heterocycles. The van der Waals surface area contributed by atoms with Crippen LogP contribution in [-0.2, 0) is 26.2 Å². The third-order valence-corrected chi connectivity index (χ3v) is 0. The summed E-state index contributed by atoms with van der Waals surface area (Å²) in [5, 5.41) is 0. The van der Waals surface area contributed by atoms with Crippen LogP contribution in [0.2, 0.25) is 0 Å². The van der Waals surface area contributed by atoms with Crippen LogP contribution in [0.5, 0.6) is 0 Å². The molecule has 0 fully saturated rings. The molecule has 0 aromatic rings. The van der Waals surface area contributed by atoms with Gasteiger partial charge in [0.05, 0.1) is 0 Å². The summed E-state index contributed by atoms with van der Waals surface area (Å²) in [7, 11) is 0. The standard InChI is InChI=1S/2K.3H2O.Zr/h;;3*1H2;. The predicted octanol–water partition coefficient (Wildman–Crippen LogP) is -3.24. The minimum atomic E-state index is 0. The molecule has 0 unspecified atom stereocenters. The van der Waals surface area contributed by atoms with Gasteiger partial charge in [0, 0.05) is 129 Å². The minimum Gasteiger partial charge on any atom is -0.412 e. The van der Waals surface area contributed by atoms with Crippen molar-refractivity contribution in [3.05, 3.63) is 0 Å². The van der Waals surface area contributed by atoms with Crippen LogP contribution >= 0.6 is 0 Å². The maximum absolute atomic E-state index is 0. The Morgan fingerprint density at radius 2 is 0.500 bits per heavy atom. The van der Waals surface area contributed by atoms with Crippen LogP contribution in [0.1, 0.15) is 0 Å². The average molecular weight is 223 g/mol. The van der Waals surface area contributed by atoms with Gasteiger partial charge in [-0.2, -0.15) is 0 Å². The molecule has 0 amide bonds. The number of rotatable bonds is 0. The molecule has 6 heteroatoms. The Labute approximate surface area is 141 Å². The van der Waals surface area contributed by atoms with Gasteiger partial charge in [-0.15, -0.1) is 0 Å². The van der Waals surface area contributed by atoms with Gasteiger partial charge in [-0.3, -0.25) is 0 Å². The van der Waals surface area contributed by atoms with E-state index in [1.165, 1.54) is 0 Å². The summed E-state index contributed by atoms with van der Waals surface area (Å²) in [5.41, 5.74) is 0. The molecule has 0 saturated carbocycles. The zero-order valence-electron chi connectivity index (χ0n) is 4.00. The van der Waals surface area contributed by atoms with Crippen molar-refractivity contribution in [2.75, 3.05) is 0 Å². The first-order chi connectivity index (χ1) is 0. The fraction of sp³-hybridized carbons (Fsp3) is 0. The van der Waals surface area contributed by atoms with Crippen LogP contribution in [0.15, 0.2) is 0 Å². The molecule has 0 aromatic heterocycles. The molecule has 6 heavy (non-hydrogen) atoms. The van der Waals surface area contributed by atoms with E-state index in [0.717, 1.165) is 0 Å². The van der Waals surface area contributed by atoms with Crippen molar-refractivity contribution < 1.29 is 42.6 Å². The Bertz CT molecular complexity index is 8.75. The van der Waals surface area contributed by atoms with Gasteiger partial charge in [-0.1, -0.05) is 0 Å². The Morgan fingerprint density at radius 3 is 0.500 bits per heavy atom. The van der Waals surface area contributed by atoms with Crippen LogP contribution in [0.4, 0.5) is 0 Å². The molecule has 3 nitrogen and oxygen atoms in total. The molecular formula is H6K2O3Zr. The van der Waals surface area contributed by atoms with Crippen molar-refractivity contribution in [3.8, 4) is 0 Å². The molecule has 0 rings (SSSR count). The maximum Gasteiger partial charge on any atom is 0 e. The Morgan fingerprint density at radius 1 is 0.500 bits per heavy atom. The van der Waals surface area contributed by atoms with Crippen LogP contribution in [0.3, 0.4) is 0 Å². The van der Waals surface area contributed by atoms with Crippen LogP contribution in [0.25, 0.3) is 0 Å². The first-order valence-corrected chi connectivity index (χ1v) is 0. The molecular weight excluding hydrogens is 217 g/mol. The molecule has 0 aliphatic heterocycles. The number of hydrogen-bond donors (Lipinski definition) is 0. The topological polar surface area (TPSA) is 94.5 Å². The fourth-order valence-corrected chi connectivity index (χ4v) is 0. The van der Waals surface area contributed by atoms with Gasteiger partial charge in [0.15, 0.2) is 0 Å². The Kier molecular flexibility index (Phi) is 300. The third kappa shape index (κ3) is 24.4. The van der Waals surface area contributed by atoms with Gasteiger partial charge < -0.3 is 16.4 Å². The van der Waals surface area contributed by atoms with Gasteiger partial charge in [0.25, 0.3) is 0 Å². The summed E-state index contributed by atoms with van der Waals surface area (Å²) >= 11 is 0. The first-order valence-electron chi connectivity index (χ1n) is 0. The largest absolute Gasteiger partial charge is 0.412 e. The molecule has 0 aromatic carbocycles. The molecule has 0 atom stereocenters. The van der Waals surface area contributed by atoms with E-state index in [-0.39, 0.29) is 145 Å². The summed E-state index contributed by atoms with van der Waals surface area (Å²) < 4.78 is 0. The smallest absolute Gasteiger partial charge is 0 e. The average Bonchev–Trinajstić information content (AvgIpc) is 0. The van der Waals surface area contributed by atoms with E-state index in [1.54, 1.807) is 0 Å². The Balaban J connectivity index is 0. The van der Waals surface area contributed by atoms with Gasteiger partial charge in [0.2, 0.25) is 0 Å². The van der Waals surface area contributed by atoms with Crippen molar-refractivity contribution in [1.29, 1.82) is 0 Å². The van der Waals surface area contributed by atoms with Crippen LogP contribution < -0.4 is 0 Å². The second-order valence-corrected chi connectivity index (χ2v) is 0. The van der Waals surface area contributed by atoms with E-state index in [2.05, 4.69) is 0 Å². The van der Waals surface area contributed by atoms with E-state index in [1.807, 2.05) is 0 Å². The van der Waals surface area contributed by atoms with Crippen molar-refractivity contribution in [1.82, 2.24) is 0 Å². The Hall–Kier alpha value is 4.04. The van der Waals surface area contributed by atoms with Crippen molar-refractivity contribution in [3.63, 3.8) is 0 Å². The molecule has 0 aliphatic carbocycles.